The molecule has 4 nitrogen and oxygen atoms in total. The summed E-state index contributed by atoms with van der Waals surface area (Å²) in [4.78, 5) is 2.42. The Hall–Kier alpha value is -0.160. The van der Waals surface area contributed by atoms with Crippen LogP contribution < -0.4 is 0 Å². The molecule has 2 fully saturated rings. The van der Waals surface area contributed by atoms with Crippen molar-refractivity contribution in [1.82, 2.24) is 4.90 Å². The quantitative estimate of drug-likeness (QED) is 0.810. The summed E-state index contributed by atoms with van der Waals surface area (Å²) in [5, 5.41) is 8.92. The van der Waals surface area contributed by atoms with Gasteiger partial charge in [-0.1, -0.05) is 6.42 Å². The van der Waals surface area contributed by atoms with E-state index in [9.17, 15) is 0 Å². The number of aliphatic hydroxyl groups excluding tert-OH is 1. The Morgan fingerprint density at radius 1 is 1.41 bits per heavy atom. The number of aliphatic hydroxyl groups is 1. The molecule has 0 aromatic carbocycles. The van der Waals surface area contributed by atoms with Crippen LogP contribution in [0.4, 0.5) is 0 Å². The van der Waals surface area contributed by atoms with Crippen molar-refractivity contribution in [2.75, 3.05) is 26.8 Å². The van der Waals surface area contributed by atoms with Crippen molar-refractivity contribution in [1.29, 1.82) is 0 Å². The van der Waals surface area contributed by atoms with Crippen molar-refractivity contribution in [3.05, 3.63) is 0 Å². The third-order valence-corrected chi connectivity index (χ3v) is 3.97. The van der Waals surface area contributed by atoms with Crippen LogP contribution in [0, 0.1) is 0 Å². The van der Waals surface area contributed by atoms with Crippen LogP contribution in [0.1, 0.15) is 39.0 Å². The van der Waals surface area contributed by atoms with E-state index in [1.807, 2.05) is 6.92 Å². The molecule has 1 N–H and O–H groups in total. The molecule has 0 saturated carbocycles. The number of likely N-dealkylation sites (tertiary alicyclic amines) is 1. The van der Waals surface area contributed by atoms with Crippen molar-refractivity contribution < 1.29 is 14.6 Å². The maximum atomic E-state index is 8.92. The van der Waals surface area contributed by atoms with Gasteiger partial charge < -0.3 is 19.5 Å². The second-order valence-electron chi connectivity index (χ2n) is 5.53. The maximum Gasteiger partial charge on any atom is 0.167 e. The van der Waals surface area contributed by atoms with Crippen molar-refractivity contribution in [3.63, 3.8) is 0 Å². The molecule has 2 rings (SSSR count). The molecule has 0 amide bonds. The van der Waals surface area contributed by atoms with Crippen molar-refractivity contribution in [2.24, 2.45) is 0 Å². The summed E-state index contributed by atoms with van der Waals surface area (Å²) in [5.41, 5.74) is 0. The lowest BCUT2D eigenvalue weighted by Gasteiger charge is -2.37. The van der Waals surface area contributed by atoms with Gasteiger partial charge in [-0.25, -0.2) is 0 Å². The summed E-state index contributed by atoms with van der Waals surface area (Å²) >= 11 is 0. The highest BCUT2D eigenvalue weighted by atomic mass is 16.7. The van der Waals surface area contributed by atoms with Crippen LogP contribution in [0.2, 0.25) is 0 Å². The first-order chi connectivity index (χ1) is 8.13. The van der Waals surface area contributed by atoms with E-state index in [0.717, 1.165) is 6.42 Å². The number of ether oxygens (including phenoxy) is 2. The number of hydrogen-bond acceptors (Lipinski definition) is 4. The van der Waals surface area contributed by atoms with Gasteiger partial charge in [0.2, 0.25) is 0 Å². The van der Waals surface area contributed by atoms with E-state index in [-0.39, 0.29) is 12.7 Å². The molecule has 0 aliphatic carbocycles. The maximum absolute atomic E-state index is 8.92. The molecule has 4 heteroatoms. The highest BCUT2D eigenvalue weighted by Crippen LogP contribution is 2.32. The summed E-state index contributed by atoms with van der Waals surface area (Å²) < 4.78 is 11.7. The zero-order valence-corrected chi connectivity index (χ0v) is 11.0. The Bertz CT molecular complexity index is 249. The topological polar surface area (TPSA) is 41.9 Å². The molecule has 0 spiro atoms. The van der Waals surface area contributed by atoms with Gasteiger partial charge in [-0.05, 0) is 39.8 Å². The van der Waals surface area contributed by atoms with Gasteiger partial charge in [0.1, 0.15) is 0 Å². The zero-order valence-electron chi connectivity index (χ0n) is 11.0. The molecule has 3 unspecified atom stereocenters. The summed E-state index contributed by atoms with van der Waals surface area (Å²) in [7, 11) is 2.19. The minimum atomic E-state index is -0.448. The standard InChI is InChI=1S/C13H25NO3/c1-13(16-10-12(17-13)6-8-15)9-11-5-3-4-7-14(11)2/h11-12,15H,3-10H2,1-2H3. The van der Waals surface area contributed by atoms with Gasteiger partial charge in [0.15, 0.2) is 5.79 Å². The Kier molecular flexibility index (Phi) is 4.42. The van der Waals surface area contributed by atoms with E-state index >= 15 is 0 Å². The molecule has 0 aromatic heterocycles. The van der Waals surface area contributed by atoms with E-state index in [2.05, 4.69) is 11.9 Å². The first kappa shape index (κ1) is 13.3. The lowest BCUT2D eigenvalue weighted by molar-refractivity contribution is -0.170. The Balaban J connectivity index is 1.85. The van der Waals surface area contributed by atoms with E-state index in [1.54, 1.807) is 0 Å². The van der Waals surface area contributed by atoms with Gasteiger partial charge in [-0.15, -0.1) is 0 Å². The monoisotopic (exact) mass is 243 g/mol. The summed E-state index contributed by atoms with van der Waals surface area (Å²) in [5.74, 6) is -0.448. The van der Waals surface area contributed by atoms with Crippen LogP contribution in [-0.4, -0.2) is 54.7 Å². The van der Waals surface area contributed by atoms with E-state index < -0.39 is 5.79 Å². The third-order valence-electron chi connectivity index (χ3n) is 3.97. The predicted octanol–water partition coefficient (Wildman–Crippen LogP) is 1.37. The lowest BCUT2D eigenvalue weighted by Crippen LogP contribution is -2.42. The second-order valence-corrected chi connectivity index (χ2v) is 5.53. The van der Waals surface area contributed by atoms with Crippen LogP contribution in [0.3, 0.4) is 0 Å². The molecule has 2 aliphatic rings. The van der Waals surface area contributed by atoms with Gasteiger partial charge in [-0.2, -0.15) is 0 Å². The van der Waals surface area contributed by atoms with Crippen molar-refractivity contribution in [2.45, 2.75) is 57.0 Å². The molecule has 0 radical (unpaired) electrons. The molecule has 3 atom stereocenters. The van der Waals surface area contributed by atoms with Crippen LogP contribution in [0.5, 0.6) is 0 Å². The van der Waals surface area contributed by atoms with Gasteiger partial charge in [-0.3, -0.25) is 0 Å². The fraction of sp³-hybridized carbons (Fsp3) is 1.00. The first-order valence-corrected chi connectivity index (χ1v) is 6.76. The van der Waals surface area contributed by atoms with E-state index in [0.29, 0.717) is 19.1 Å². The first-order valence-electron chi connectivity index (χ1n) is 6.76. The van der Waals surface area contributed by atoms with Gasteiger partial charge >= 0.3 is 0 Å². The molecule has 0 bridgehead atoms. The third kappa shape index (κ3) is 3.41. The average molecular weight is 243 g/mol. The molecule has 0 aromatic rings. The van der Waals surface area contributed by atoms with Crippen LogP contribution in [-0.2, 0) is 9.47 Å². The Morgan fingerprint density at radius 2 is 2.24 bits per heavy atom. The summed E-state index contributed by atoms with van der Waals surface area (Å²) in [6.45, 7) is 4.01. The molecule has 2 aliphatic heterocycles. The normalized spacial score (nSPS) is 39.7. The summed E-state index contributed by atoms with van der Waals surface area (Å²) in [6, 6.07) is 0.571. The smallest absolute Gasteiger partial charge is 0.167 e. The summed E-state index contributed by atoms with van der Waals surface area (Å²) in [6.07, 6.45) is 5.54. The fourth-order valence-electron chi connectivity index (χ4n) is 2.91. The Labute approximate surface area is 104 Å². The van der Waals surface area contributed by atoms with Crippen molar-refractivity contribution in [3.8, 4) is 0 Å². The Morgan fingerprint density at radius 3 is 2.94 bits per heavy atom. The zero-order chi connectivity index (χ0) is 12.3. The minimum absolute atomic E-state index is 0.0684. The lowest BCUT2D eigenvalue weighted by atomic mass is 9.96. The average Bonchev–Trinajstić information content (AvgIpc) is 2.64. The van der Waals surface area contributed by atoms with Crippen molar-refractivity contribution >= 4 is 0 Å². The highest BCUT2D eigenvalue weighted by molar-refractivity contribution is 4.83. The second kappa shape index (κ2) is 5.65. The number of rotatable bonds is 4. The SMILES string of the molecule is CN1CCCCC1CC1(C)OCC(CCO)O1. The molecular formula is C13H25NO3. The largest absolute Gasteiger partial charge is 0.396 e. The molecule has 17 heavy (non-hydrogen) atoms. The van der Waals surface area contributed by atoms with Gasteiger partial charge in [0.25, 0.3) is 0 Å². The molecule has 2 saturated heterocycles. The van der Waals surface area contributed by atoms with Gasteiger partial charge in [0.05, 0.1) is 12.7 Å². The van der Waals surface area contributed by atoms with Crippen LogP contribution in [0.15, 0.2) is 0 Å². The van der Waals surface area contributed by atoms with E-state index in [4.69, 9.17) is 14.6 Å². The fourth-order valence-corrected chi connectivity index (χ4v) is 2.91. The number of hydrogen-bond donors (Lipinski definition) is 1. The minimum Gasteiger partial charge on any atom is -0.396 e. The number of piperidine rings is 1. The van der Waals surface area contributed by atoms with Crippen LogP contribution in [0.25, 0.3) is 0 Å². The number of nitrogens with zero attached hydrogens (tertiary/aromatic N) is 1. The highest BCUT2D eigenvalue weighted by Gasteiger charge is 2.39. The van der Waals surface area contributed by atoms with Gasteiger partial charge in [0, 0.05) is 19.1 Å². The molecule has 2 heterocycles. The molecule has 100 valence electrons. The van der Waals surface area contributed by atoms with E-state index in [1.165, 1.54) is 25.8 Å². The predicted molar refractivity (Wildman–Crippen MR) is 65.8 cm³/mol. The van der Waals surface area contributed by atoms with Crippen LogP contribution >= 0.6 is 0 Å². The molecular weight excluding hydrogens is 218 g/mol.